The topological polar surface area (TPSA) is 56.1 Å². The SMILES string of the molecule is CC[C@@H]1CN(C(=O)C2CC2)CC[C@H]1NCc1cccc(C#N)c1. The lowest BCUT2D eigenvalue weighted by atomic mass is 9.89. The van der Waals surface area contributed by atoms with E-state index in [0.717, 1.165) is 50.9 Å². The van der Waals surface area contributed by atoms with E-state index in [0.29, 0.717) is 29.3 Å². The Hall–Kier alpha value is -1.86. The molecular formula is C19H25N3O. The lowest BCUT2D eigenvalue weighted by molar-refractivity contribution is -0.134. The molecule has 1 aromatic carbocycles. The smallest absolute Gasteiger partial charge is 0.225 e. The second kappa shape index (κ2) is 7.14. The first kappa shape index (κ1) is 16.0. The number of nitrogens with zero attached hydrogens (tertiary/aromatic N) is 2. The zero-order chi connectivity index (χ0) is 16.2. The lowest BCUT2D eigenvalue weighted by Crippen LogP contribution is -2.51. The van der Waals surface area contributed by atoms with Crippen molar-refractivity contribution in [3.8, 4) is 6.07 Å². The molecule has 0 radical (unpaired) electrons. The monoisotopic (exact) mass is 311 g/mol. The minimum atomic E-state index is 0.325. The van der Waals surface area contributed by atoms with Crippen molar-refractivity contribution >= 4 is 5.91 Å². The highest BCUT2D eigenvalue weighted by atomic mass is 16.2. The van der Waals surface area contributed by atoms with E-state index in [1.165, 1.54) is 0 Å². The molecule has 1 saturated carbocycles. The van der Waals surface area contributed by atoms with Crippen LogP contribution in [-0.2, 0) is 11.3 Å². The van der Waals surface area contributed by atoms with Crippen molar-refractivity contribution in [3.05, 3.63) is 35.4 Å². The molecule has 2 atom stereocenters. The first-order chi connectivity index (χ1) is 11.2. The molecule has 2 fully saturated rings. The fraction of sp³-hybridized carbons (Fsp3) is 0.579. The van der Waals surface area contributed by atoms with Gasteiger partial charge in [-0.3, -0.25) is 4.79 Å². The zero-order valence-corrected chi connectivity index (χ0v) is 13.8. The van der Waals surface area contributed by atoms with Gasteiger partial charge in [-0.15, -0.1) is 0 Å². The molecular weight excluding hydrogens is 286 g/mol. The Morgan fingerprint density at radius 3 is 2.91 bits per heavy atom. The standard InChI is InChI=1S/C19H25N3O/c1-2-16-13-22(19(23)17-6-7-17)9-8-18(16)21-12-15-5-3-4-14(10-15)11-20/h3-5,10,16-18,21H,2,6-9,12-13H2,1H3/t16-,18-/m1/s1. The number of benzene rings is 1. The quantitative estimate of drug-likeness (QED) is 0.909. The van der Waals surface area contributed by atoms with Crippen molar-refractivity contribution in [2.45, 2.75) is 45.2 Å². The highest BCUT2D eigenvalue weighted by molar-refractivity contribution is 5.81. The summed E-state index contributed by atoms with van der Waals surface area (Å²) in [5, 5.41) is 12.6. The van der Waals surface area contributed by atoms with Gasteiger partial charge in [0, 0.05) is 31.6 Å². The number of carbonyl (C=O) groups excluding carboxylic acids is 1. The van der Waals surface area contributed by atoms with E-state index in [1.807, 2.05) is 18.2 Å². The summed E-state index contributed by atoms with van der Waals surface area (Å²) in [5.74, 6) is 1.22. The van der Waals surface area contributed by atoms with Crippen LogP contribution in [0, 0.1) is 23.2 Å². The van der Waals surface area contributed by atoms with Gasteiger partial charge >= 0.3 is 0 Å². The van der Waals surface area contributed by atoms with E-state index in [4.69, 9.17) is 5.26 Å². The molecule has 1 amide bonds. The van der Waals surface area contributed by atoms with Crippen molar-refractivity contribution in [2.75, 3.05) is 13.1 Å². The predicted octanol–water partition coefficient (Wildman–Crippen LogP) is 2.68. The molecule has 1 saturated heterocycles. The van der Waals surface area contributed by atoms with Gasteiger partial charge < -0.3 is 10.2 Å². The molecule has 0 aromatic heterocycles. The molecule has 4 nitrogen and oxygen atoms in total. The normalized spacial score (nSPS) is 24.3. The van der Waals surface area contributed by atoms with Crippen LogP contribution in [0.3, 0.4) is 0 Å². The third-order valence-electron chi connectivity index (χ3n) is 5.12. The number of likely N-dealkylation sites (tertiary alicyclic amines) is 1. The third kappa shape index (κ3) is 3.92. The number of carbonyl (C=O) groups is 1. The van der Waals surface area contributed by atoms with Gasteiger partial charge in [0.05, 0.1) is 11.6 Å². The highest BCUT2D eigenvalue weighted by Crippen LogP contribution is 2.33. The molecule has 1 aliphatic carbocycles. The second-order valence-electron chi connectivity index (χ2n) is 6.82. The van der Waals surface area contributed by atoms with E-state index in [2.05, 4.69) is 29.3 Å². The number of nitriles is 1. The maximum absolute atomic E-state index is 12.3. The molecule has 1 aliphatic heterocycles. The average molecular weight is 311 g/mol. The number of hydrogen-bond donors (Lipinski definition) is 1. The Morgan fingerprint density at radius 2 is 2.22 bits per heavy atom. The van der Waals surface area contributed by atoms with E-state index < -0.39 is 0 Å². The molecule has 4 heteroatoms. The number of hydrogen-bond acceptors (Lipinski definition) is 3. The van der Waals surface area contributed by atoms with Crippen LogP contribution in [0.15, 0.2) is 24.3 Å². The molecule has 0 spiro atoms. The number of rotatable bonds is 5. The molecule has 122 valence electrons. The maximum atomic E-state index is 12.3. The van der Waals surface area contributed by atoms with Gasteiger partial charge in [0.25, 0.3) is 0 Å². The van der Waals surface area contributed by atoms with Crippen molar-refractivity contribution in [2.24, 2.45) is 11.8 Å². The summed E-state index contributed by atoms with van der Waals surface area (Å²) in [4.78, 5) is 14.3. The van der Waals surface area contributed by atoms with Crippen LogP contribution in [0.2, 0.25) is 0 Å². The van der Waals surface area contributed by atoms with E-state index in [-0.39, 0.29) is 0 Å². The van der Waals surface area contributed by atoms with Gasteiger partial charge in [0.1, 0.15) is 0 Å². The Balaban J connectivity index is 1.55. The van der Waals surface area contributed by atoms with Crippen LogP contribution in [0.25, 0.3) is 0 Å². The van der Waals surface area contributed by atoms with E-state index >= 15 is 0 Å². The Bertz CT molecular complexity index is 603. The summed E-state index contributed by atoms with van der Waals surface area (Å²) in [5.41, 5.74) is 1.86. The van der Waals surface area contributed by atoms with Crippen LogP contribution in [0.5, 0.6) is 0 Å². The summed E-state index contributed by atoms with van der Waals surface area (Å²) >= 11 is 0. The summed E-state index contributed by atoms with van der Waals surface area (Å²) < 4.78 is 0. The Morgan fingerprint density at radius 1 is 1.39 bits per heavy atom. The molecule has 0 bridgehead atoms. The van der Waals surface area contributed by atoms with Crippen molar-refractivity contribution in [3.63, 3.8) is 0 Å². The largest absolute Gasteiger partial charge is 0.342 e. The third-order valence-corrected chi connectivity index (χ3v) is 5.12. The second-order valence-corrected chi connectivity index (χ2v) is 6.82. The van der Waals surface area contributed by atoms with Crippen LogP contribution >= 0.6 is 0 Å². The average Bonchev–Trinajstić information content (AvgIpc) is 3.44. The summed E-state index contributed by atoms with van der Waals surface area (Å²) in [6.45, 7) is 4.76. The van der Waals surface area contributed by atoms with Crippen LogP contribution in [0.1, 0.15) is 43.7 Å². The summed E-state index contributed by atoms with van der Waals surface area (Å²) in [6, 6.07) is 10.4. The molecule has 1 N–H and O–H groups in total. The first-order valence-electron chi connectivity index (χ1n) is 8.72. The van der Waals surface area contributed by atoms with Crippen molar-refractivity contribution in [1.82, 2.24) is 10.2 Å². The van der Waals surface area contributed by atoms with E-state index in [1.54, 1.807) is 0 Å². The van der Waals surface area contributed by atoms with Crippen LogP contribution < -0.4 is 5.32 Å². The summed E-state index contributed by atoms with van der Waals surface area (Å²) in [6.07, 6.45) is 4.28. The highest BCUT2D eigenvalue weighted by Gasteiger charge is 2.37. The number of nitrogens with one attached hydrogen (secondary N) is 1. The van der Waals surface area contributed by atoms with Gasteiger partial charge in [0.15, 0.2) is 0 Å². The first-order valence-corrected chi connectivity index (χ1v) is 8.72. The van der Waals surface area contributed by atoms with Crippen molar-refractivity contribution in [1.29, 1.82) is 5.26 Å². The Labute approximate surface area is 138 Å². The lowest BCUT2D eigenvalue weighted by Gasteiger charge is -2.39. The Kier molecular flexibility index (Phi) is 4.97. The van der Waals surface area contributed by atoms with Gasteiger partial charge in [-0.2, -0.15) is 5.26 Å². The fourth-order valence-corrected chi connectivity index (χ4v) is 3.50. The molecule has 2 aliphatic rings. The molecule has 3 rings (SSSR count). The van der Waals surface area contributed by atoms with Gasteiger partial charge in [0.2, 0.25) is 5.91 Å². The number of piperidine rings is 1. The zero-order valence-electron chi connectivity index (χ0n) is 13.8. The van der Waals surface area contributed by atoms with Gasteiger partial charge in [-0.1, -0.05) is 25.5 Å². The van der Waals surface area contributed by atoms with Crippen LogP contribution in [0.4, 0.5) is 0 Å². The fourth-order valence-electron chi connectivity index (χ4n) is 3.50. The van der Waals surface area contributed by atoms with Gasteiger partial charge in [-0.05, 0) is 42.9 Å². The van der Waals surface area contributed by atoms with Crippen LogP contribution in [-0.4, -0.2) is 29.9 Å². The number of amides is 1. The predicted molar refractivity (Wildman–Crippen MR) is 89.5 cm³/mol. The van der Waals surface area contributed by atoms with Crippen molar-refractivity contribution < 1.29 is 4.79 Å². The van der Waals surface area contributed by atoms with E-state index in [9.17, 15) is 4.79 Å². The van der Waals surface area contributed by atoms with Gasteiger partial charge in [-0.25, -0.2) is 0 Å². The molecule has 23 heavy (non-hydrogen) atoms. The molecule has 1 aromatic rings. The minimum absolute atomic E-state index is 0.325. The minimum Gasteiger partial charge on any atom is -0.342 e. The maximum Gasteiger partial charge on any atom is 0.225 e. The summed E-state index contributed by atoms with van der Waals surface area (Å²) in [7, 11) is 0. The molecule has 0 unspecified atom stereocenters. The molecule has 1 heterocycles.